The minimum Gasteiger partial charge on any atom is -0.458 e. The number of rotatable bonds is 6. The standard InChI is InChI=1S/C27H43NO8.ClH/c1-10-24(5)15-18(31)27(33)25(6)17(30)11-13-23(3,4)21(25)20(35-19(32)12-14-28(8)9)22(34-16(2)29)26(27,7)36-24;/h10,17,20-22,30,33H,1,11-15H2,2-9H3;1H/t17?,20?,21?,22?,24-,25-,26+,27-;/m0./s1. The SMILES string of the molecule is C=C[C@@]1(C)CC(=O)[C@]2(O)[C@@]3(C)C(O)CCC(C)(C)C3C(OC(=O)CCN(C)C)C(OC(C)=O)[C@@]2(C)O1.Cl. The minimum absolute atomic E-state index is 0. The van der Waals surface area contributed by atoms with E-state index in [4.69, 9.17) is 14.2 Å². The van der Waals surface area contributed by atoms with Gasteiger partial charge in [-0.1, -0.05) is 26.8 Å². The number of carbonyl (C=O) groups excluding carboxylic acids is 3. The van der Waals surface area contributed by atoms with Gasteiger partial charge in [-0.15, -0.1) is 19.0 Å². The van der Waals surface area contributed by atoms with E-state index in [2.05, 4.69) is 6.58 Å². The maximum absolute atomic E-state index is 13.9. The first-order valence-electron chi connectivity index (χ1n) is 12.7. The second-order valence-corrected chi connectivity index (χ2v) is 12.4. The van der Waals surface area contributed by atoms with Gasteiger partial charge in [-0.05, 0) is 46.2 Å². The number of fused-ring (bicyclic) bond motifs is 3. The van der Waals surface area contributed by atoms with Gasteiger partial charge in [-0.3, -0.25) is 14.4 Å². The Morgan fingerprint density at radius 2 is 1.78 bits per heavy atom. The van der Waals surface area contributed by atoms with Crippen molar-refractivity contribution in [2.24, 2.45) is 16.7 Å². The smallest absolute Gasteiger partial charge is 0.307 e. The Balaban J connectivity index is 0.00000481. The lowest BCUT2D eigenvalue weighted by Gasteiger charge is -2.71. The molecule has 0 aromatic heterocycles. The van der Waals surface area contributed by atoms with Crippen molar-refractivity contribution in [1.29, 1.82) is 0 Å². The molecule has 9 nitrogen and oxygen atoms in total. The van der Waals surface area contributed by atoms with E-state index in [-0.39, 0.29) is 25.2 Å². The van der Waals surface area contributed by atoms with E-state index < -0.39 is 69.6 Å². The summed E-state index contributed by atoms with van der Waals surface area (Å²) in [6.45, 7) is 14.2. The highest BCUT2D eigenvalue weighted by Crippen LogP contribution is 2.67. The molecule has 2 saturated carbocycles. The molecule has 2 N–H and O–H groups in total. The fourth-order valence-corrected chi connectivity index (χ4v) is 7.27. The van der Waals surface area contributed by atoms with Crippen molar-refractivity contribution in [3.63, 3.8) is 0 Å². The molecule has 0 amide bonds. The number of nitrogens with zero attached hydrogens (tertiary/aromatic N) is 1. The molecule has 1 aliphatic heterocycles. The molecule has 37 heavy (non-hydrogen) atoms. The van der Waals surface area contributed by atoms with Gasteiger partial charge in [0.25, 0.3) is 0 Å². The van der Waals surface area contributed by atoms with Gasteiger partial charge < -0.3 is 29.3 Å². The Kier molecular flexibility index (Phi) is 8.76. The highest BCUT2D eigenvalue weighted by atomic mass is 35.5. The summed E-state index contributed by atoms with van der Waals surface area (Å²) in [4.78, 5) is 41.3. The molecule has 0 aromatic carbocycles. The molecule has 4 unspecified atom stereocenters. The predicted molar refractivity (Wildman–Crippen MR) is 139 cm³/mol. The quantitative estimate of drug-likeness (QED) is 0.382. The lowest BCUT2D eigenvalue weighted by atomic mass is 9.39. The van der Waals surface area contributed by atoms with Gasteiger partial charge in [-0.25, -0.2) is 0 Å². The molecule has 0 spiro atoms. The Hall–Kier alpha value is -1.52. The summed E-state index contributed by atoms with van der Waals surface area (Å²) in [5.41, 5.74) is -7.31. The minimum atomic E-state index is -2.24. The van der Waals surface area contributed by atoms with Crippen LogP contribution in [-0.2, 0) is 28.6 Å². The fourth-order valence-electron chi connectivity index (χ4n) is 7.27. The van der Waals surface area contributed by atoms with E-state index in [0.29, 0.717) is 19.4 Å². The van der Waals surface area contributed by atoms with Crippen LogP contribution in [0.1, 0.15) is 67.2 Å². The van der Waals surface area contributed by atoms with Crippen LogP contribution < -0.4 is 0 Å². The summed E-state index contributed by atoms with van der Waals surface area (Å²) >= 11 is 0. The van der Waals surface area contributed by atoms with Crippen molar-refractivity contribution in [1.82, 2.24) is 4.90 Å². The number of ether oxygens (including phenoxy) is 3. The van der Waals surface area contributed by atoms with Crippen LogP contribution >= 0.6 is 12.4 Å². The number of carbonyl (C=O) groups is 3. The largest absolute Gasteiger partial charge is 0.458 e. The second kappa shape index (κ2) is 10.2. The van der Waals surface area contributed by atoms with Crippen LogP contribution in [0, 0.1) is 16.7 Å². The summed E-state index contributed by atoms with van der Waals surface area (Å²) in [6, 6.07) is 0. The Bertz CT molecular complexity index is 939. The molecule has 3 fully saturated rings. The first-order valence-corrected chi connectivity index (χ1v) is 12.7. The van der Waals surface area contributed by atoms with Gasteiger partial charge in [0.2, 0.25) is 0 Å². The van der Waals surface area contributed by atoms with Gasteiger partial charge in [0.1, 0.15) is 11.7 Å². The van der Waals surface area contributed by atoms with Crippen molar-refractivity contribution in [2.45, 2.75) is 102 Å². The normalized spacial score (nSPS) is 42.6. The molecular formula is C27H44ClNO8. The van der Waals surface area contributed by atoms with E-state index in [1.807, 2.05) is 32.8 Å². The van der Waals surface area contributed by atoms with Crippen molar-refractivity contribution < 1.29 is 38.8 Å². The van der Waals surface area contributed by atoms with Crippen molar-refractivity contribution in [3.8, 4) is 0 Å². The van der Waals surface area contributed by atoms with Gasteiger partial charge in [0, 0.05) is 31.2 Å². The topological polar surface area (TPSA) is 123 Å². The maximum atomic E-state index is 13.9. The first-order chi connectivity index (χ1) is 16.4. The summed E-state index contributed by atoms with van der Waals surface area (Å²) in [5, 5.41) is 24.0. The van der Waals surface area contributed by atoms with E-state index >= 15 is 0 Å². The lowest BCUT2D eigenvalue weighted by Crippen LogP contribution is -2.87. The van der Waals surface area contributed by atoms with Gasteiger partial charge in [-0.2, -0.15) is 0 Å². The Morgan fingerprint density at radius 3 is 2.30 bits per heavy atom. The van der Waals surface area contributed by atoms with Crippen LogP contribution in [0.15, 0.2) is 12.7 Å². The zero-order valence-corrected chi connectivity index (χ0v) is 24.1. The van der Waals surface area contributed by atoms with Gasteiger partial charge in [0.05, 0.1) is 18.1 Å². The van der Waals surface area contributed by atoms with Gasteiger partial charge >= 0.3 is 11.9 Å². The highest BCUT2D eigenvalue weighted by Gasteiger charge is 2.82. The van der Waals surface area contributed by atoms with Crippen LogP contribution in [0.4, 0.5) is 0 Å². The third-order valence-electron chi connectivity index (χ3n) is 9.03. The van der Waals surface area contributed by atoms with E-state index in [1.54, 1.807) is 13.8 Å². The molecular weight excluding hydrogens is 502 g/mol. The number of halogens is 1. The Morgan fingerprint density at radius 1 is 1.19 bits per heavy atom. The van der Waals surface area contributed by atoms with E-state index in [0.717, 1.165) is 0 Å². The fraction of sp³-hybridized carbons (Fsp3) is 0.815. The number of Topliss-reactive ketones (excluding diaryl/α,β-unsaturated/α-hetero) is 1. The zero-order valence-electron chi connectivity index (χ0n) is 23.3. The predicted octanol–water partition coefficient (Wildman–Crippen LogP) is 2.44. The molecule has 0 aromatic rings. The number of ketones is 1. The van der Waals surface area contributed by atoms with Crippen LogP contribution in [0.25, 0.3) is 0 Å². The number of hydrogen-bond acceptors (Lipinski definition) is 9. The summed E-state index contributed by atoms with van der Waals surface area (Å²) < 4.78 is 18.4. The molecule has 1 saturated heterocycles. The molecule has 3 aliphatic rings. The summed E-state index contributed by atoms with van der Waals surface area (Å²) in [7, 11) is 3.68. The van der Waals surface area contributed by atoms with E-state index in [9.17, 15) is 24.6 Å². The number of aliphatic hydroxyl groups is 2. The van der Waals surface area contributed by atoms with Crippen molar-refractivity contribution in [3.05, 3.63) is 12.7 Å². The molecule has 2 aliphatic carbocycles. The average Bonchev–Trinajstić information content (AvgIpc) is 2.75. The third-order valence-corrected chi connectivity index (χ3v) is 9.03. The van der Waals surface area contributed by atoms with Crippen LogP contribution in [0.5, 0.6) is 0 Å². The maximum Gasteiger partial charge on any atom is 0.307 e. The molecule has 212 valence electrons. The monoisotopic (exact) mass is 545 g/mol. The molecule has 3 rings (SSSR count). The Labute approximate surface area is 226 Å². The number of aliphatic hydroxyl groups excluding tert-OH is 1. The van der Waals surface area contributed by atoms with Crippen LogP contribution in [-0.4, -0.2) is 88.6 Å². The summed E-state index contributed by atoms with van der Waals surface area (Å²) in [5.74, 6) is -2.43. The van der Waals surface area contributed by atoms with Crippen LogP contribution in [0.2, 0.25) is 0 Å². The van der Waals surface area contributed by atoms with Crippen molar-refractivity contribution >= 4 is 30.1 Å². The average molecular weight is 546 g/mol. The molecule has 0 bridgehead atoms. The highest BCUT2D eigenvalue weighted by molar-refractivity contribution is 5.92. The number of esters is 2. The van der Waals surface area contributed by atoms with Crippen LogP contribution in [0.3, 0.4) is 0 Å². The number of hydrogen-bond donors (Lipinski definition) is 2. The van der Waals surface area contributed by atoms with Crippen molar-refractivity contribution in [2.75, 3.05) is 20.6 Å². The molecule has 1 heterocycles. The second-order valence-electron chi connectivity index (χ2n) is 12.4. The molecule has 0 radical (unpaired) electrons. The lowest BCUT2D eigenvalue weighted by molar-refractivity contribution is -0.371. The third kappa shape index (κ3) is 4.75. The zero-order chi connectivity index (χ0) is 27.5. The van der Waals surface area contributed by atoms with E-state index in [1.165, 1.54) is 19.9 Å². The molecule has 10 heteroatoms. The molecule has 8 atom stereocenters. The summed E-state index contributed by atoms with van der Waals surface area (Å²) in [6.07, 6.45) is -1.19. The van der Waals surface area contributed by atoms with Gasteiger partial charge in [0.15, 0.2) is 17.5 Å². The first kappa shape index (κ1) is 31.7.